The molecule has 0 bridgehead atoms. The Morgan fingerprint density at radius 1 is 1.15 bits per heavy atom. The zero-order chi connectivity index (χ0) is 19.1. The summed E-state index contributed by atoms with van der Waals surface area (Å²) in [5, 5.41) is 7.10. The van der Waals surface area contributed by atoms with Crippen LogP contribution in [0.25, 0.3) is 0 Å². The molecule has 0 unspecified atom stereocenters. The highest BCUT2D eigenvalue weighted by Crippen LogP contribution is 2.24. The Morgan fingerprint density at radius 2 is 1.85 bits per heavy atom. The number of pyridine rings is 1. The van der Waals surface area contributed by atoms with Crippen LogP contribution in [0.2, 0.25) is 0 Å². The Labute approximate surface area is 157 Å². The van der Waals surface area contributed by atoms with Crippen LogP contribution in [0, 0.1) is 0 Å². The number of nitrogens with zero attached hydrogens (tertiary/aromatic N) is 2. The Kier molecular flexibility index (Phi) is 6.14. The number of hydrazone groups is 1. The van der Waals surface area contributed by atoms with Gasteiger partial charge in [-0.2, -0.15) is 5.10 Å². The summed E-state index contributed by atoms with van der Waals surface area (Å²) < 4.78 is 5.21. The van der Waals surface area contributed by atoms with E-state index in [2.05, 4.69) is 20.8 Å². The first-order valence-electron chi connectivity index (χ1n) is 8.83. The summed E-state index contributed by atoms with van der Waals surface area (Å²) >= 11 is 0. The Morgan fingerprint density at radius 3 is 2.48 bits per heavy atom. The van der Waals surface area contributed by atoms with Crippen LogP contribution in [0.4, 0.5) is 0 Å². The van der Waals surface area contributed by atoms with Gasteiger partial charge in [0.1, 0.15) is 5.75 Å². The fourth-order valence-electron chi connectivity index (χ4n) is 2.89. The van der Waals surface area contributed by atoms with E-state index in [0.29, 0.717) is 25.7 Å². The monoisotopic (exact) mass is 366 g/mol. The van der Waals surface area contributed by atoms with Crippen LogP contribution in [0.1, 0.15) is 42.9 Å². The number of carbonyl (C=O) groups excluding carboxylic acids is 2. The van der Waals surface area contributed by atoms with Crippen molar-refractivity contribution in [1.29, 1.82) is 0 Å². The van der Waals surface area contributed by atoms with Crippen LogP contribution in [0.15, 0.2) is 53.9 Å². The average Bonchev–Trinajstić information content (AvgIpc) is 2.72. The van der Waals surface area contributed by atoms with Gasteiger partial charge in [-0.3, -0.25) is 14.6 Å². The van der Waals surface area contributed by atoms with E-state index in [9.17, 15) is 9.59 Å². The predicted molar refractivity (Wildman–Crippen MR) is 101 cm³/mol. The summed E-state index contributed by atoms with van der Waals surface area (Å²) in [5.41, 5.74) is 5.21. The van der Waals surface area contributed by atoms with Crippen molar-refractivity contribution in [2.24, 2.45) is 5.10 Å². The number of carbonyl (C=O) groups is 2. The lowest BCUT2D eigenvalue weighted by molar-refractivity contribution is -0.121. The number of ether oxygens (including phenoxy) is 1. The van der Waals surface area contributed by atoms with Crippen LogP contribution < -0.4 is 15.5 Å². The minimum Gasteiger partial charge on any atom is -0.497 e. The van der Waals surface area contributed by atoms with Crippen molar-refractivity contribution in [2.75, 3.05) is 7.11 Å². The highest BCUT2D eigenvalue weighted by Gasteiger charge is 2.18. The fourth-order valence-corrected chi connectivity index (χ4v) is 2.89. The maximum absolute atomic E-state index is 12.5. The Balaban J connectivity index is 1.69. The molecule has 1 aliphatic rings. The molecule has 7 heteroatoms. The molecule has 1 aliphatic heterocycles. The molecule has 3 rings (SSSR count). The summed E-state index contributed by atoms with van der Waals surface area (Å²) in [6.45, 7) is 0. The van der Waals surface area contributed by atoms with Crippen LogP contribution in [0.3, 0.4) is 0 Å². The third kappa shape index (κ3) is 5.13. The number of hydrogen-bond donors (Lipinski definition) is 2. The second kappa shape index (κ2) is 8.93. The molecule has 7 nitrogen and oxygen atoms in total. The lowest BCUT2D eigenvalue weighted by Gasteiger charge is -2.20. The number of methoxy groups -OCH3 is 1. The minimum absolute atomic E-state index is 0.0766. The van der Waals surface area contributed by atoms with Gasteiger partial charge in [-0.25, -0.2) is 5.43 Å². The number of rotatable bonds is 7. The fraction of sp³-hybridized carbons (Fsp3) is 0.300. The lowest BCUT2D eigenvalue weighted by Crippen LogP contribution is -2.30. The van der Waals surface area contributed by atoms with Gasteiger partial charge in [-0.1, -0.05) is 12.1 Å². The highest BCUT2D eigenvalue weighted by molar-refractivity contribution is 5.94. The Bertz CT molecular complexity index is 819. The molecule has 140 valence electrons. The van der Waals surface area contributed by atoms with Crippen molar-refractivity contribution < 1.29 is 14.3 Å². The van der Waals surface area contributed by atoms with Crippen molar-refractivity contribution >= 4 is 17.5 Å². The van der Waals surface area contributed by atoms with E-state index < -0.39 is 0 Å². The maximum Gasteiger partial charge on any atom is 0.240 e. The minimum atomic E-state index is -0.278. The first-order valence-corrected chi connectivity index (χ1v) is 8.83. The van der Waals surface area contributed by atoms with Crippen LogP contribution in [0.5, 0.6) is 5.75 Å². The molecular weight excluding hydrogens is 344 g/mol. The zero-order valence-corrected chi connectivity index (χ0v) is 15.1. The first-order chi connectivity index (χ1) is 13.2. The molecule has 2 heterocycles. The number of hydrogen-bond acceptors (Lipinski definition) is 5. The van der Waals surface area contributed by atoms with Crippen molar-refractivity contribution in [1.82, 2.24) is 15.7 Å². The van der Waals surface area contributed by atoms with Crippen molar-refractivity contribution in [2.45, 2.75) is 31.7 Å². The zero-order valence-electron chi connectivity index (χ0n) is 15.1. The van der Waals surface area contributed by atoms with Gasteiger partial charge in [0.05, 0.1) is 13.2 Å². The van der Waals surface area contributed by atoms with Crippen LogP contribution in [-0.4, -0.2) is 29.6 Å². The lowest BCUT2D eigenvalue weighted by atomic mass is 9.99. The number of aromatic nitrogens is 1. The van der Waals surface area contributed by atoms with Crippen molar-refractivity contribution in [3.05, 3.63) is 59.9 Å². The van der Waals surface area contributed by atoms with E-state index in [4.69, 9.17) is 4.74 Å². The molecule has 2 N–H and O–H groups in total. The summed E-state index contributed by atoms with van der Waals surface area (Å²) in [6, 6.07) is 11.1. The predicted octanol–water partition coefficient (Wildman–Crippen LogP) is 2.34. The molecule has 0 saturated heterocycles. The molecule has 0 radical (unpaired) electrons. The third-order valence-electron chi connectivity index (χ3n) is 4.41. The molecule has 1 aromatic carbocycles. The molecule has 1 aromatic heterocycles. The topological polar surface area (TPSA) is 92.7 Å². The van der Waals surface area contributed by atoms with Gasteiger partial charge in [0.25, 0.3) is 0 Å². The molecular formula is C20H22N4O3. The second-order valence-electron chi connectivity index (χ2n) is 6.27. The second-order valence-corrected chi connectivity index (χ2v) is 6.27. The van der Waals surface area contributed by atoms with Gasteiger partial charge in [0.15, 0.2) is 0 Å². The summed E-state index contributed by atoms with van der Waals surface area (Å²) in [6.07, 6.45) is 5.27. The van der Waals surface area contributed by atoms with Gasteiger partial charge >= 0.3 is 0 Å². The number of benzene rings is 1. The van der Waals surface area contributed by atoms with Gasteiger partial charge in [0.2, 0.25) is 11.8 Å². The normalized spacial score (nSPS) is 14.7. The molecule has 27 heavy (non-hydrogen) atoms. The van der Waals surface area contributed by atoms with Crippen molar-refractivity contribution in [3.8, 4) is 5.75 Å². The molecule has 2 aromatic rings. The molecule has 0 aliphatic carbocycles. The van der Waals surface area contributed by atoms with Crippen molar-refractivity contribution in [3.63, 3.8) is 0 Å². The number of amides is 2. The SMILES string of the molecule is COc1ccc([C@H](NC(=O)CCC2=NNC(=O)CC2)c2ccncc2)cc1. The maximum atomic E-state index is 12.5. The molecule has 0 fully saturated rings. The van der Waals surface area contributed by atoms with E-state index in [1.807, 2.05) is 36.4 Å². The standard InChI is InChI=1S/C20H22N4O3/c1-27-17-6-2-14(3-7-17)20(15-10-12-21-13-11-15)22-18(25)8-4-16-5-9-19(26)24-23-16/h2-3,6-7,10-13,20H,4-5,8-9H2,1H3,(H,22,25)(H,24,26)/t20-/m0/s1. The molecule has 0 saturated carbocycles. The van der Waals surface area contributed by atoms with E-state index in [0.717, 1.165) is 22.6 Å². The number of nitrogens with one attached hydrogen (secondary N) is 2. The van der Waals surface area contributed by atoms with Gasteiger partial charge in [0, 0.05) is 30.9 Å². The third-order valence-corrected chi connectivity index (χ3v) is 4.41. The van der Waals surface area contributed by atoms with Gasteiger partial charge in [-0.05, 0) is 48.2 Å². The van der Waals surface area contributed by atoms with E-state index in [1.54, 1.807) is 19.5 Å². The molecule has 2 amide bonds. The summed E-state index contributed by atoms with van der Waals surface area (Å²) in [7, 11) is 1.62. The van der Waals surface area contributed by atoms with E-state index in [-0.39, 0.29) is 17.9 Å². The van der Waals surface area contributed by atoms with E-state index >= 15 is 0 Å². The summed E-state index contributed by atoms with van der Waals surface area (Å²) in [4.78, 5) is 27.7. The molecule has 0 spiro atoms. The Hall–Kier alpha value is -3.22. The van der Waals surface area contributed by atoms with Crippen LogP contribution >= 0.6 is 0 Å². The van der Waals surface area contributed by atoms with Crippen LogP contribution in [-0.2, 0) is 9.59 Å². The van der Waals surface area contributed by atoms with E-state index in [1.165, 1.54) is 0 Å². The van der Waals surface area contributed by atoms with Gasteiger partial charge < -0.3 is 10.1 Å². The first kappa shape index (κ1) is 18.6. The largest absolute Gasteiger partial charge is 0.497 e. The highest BCUT2D eigenvalue weighted by atomic mass is 16.5. The summed E-state index contributed by atoms with van der Waals surface area (Å²) in [5.74, 6) is 0.601. The average molecular weight is 366 g/mol. The smallest absolute Gasteiger partial charge is 0.240 e. The molecule has 1 atom stereocenters. The quantitative estimate of drug-likeness (QED) is 0.787. The van der Waals surface area contributed by atoms with Gasteiger partial charge in [-0.15, -0.1) is 0 Å².